The number of carbonyl (C=O) groups excluding carboxylic acids is 1. The van der Waals surface area contributed by atoms with Crippen LogP contribution in [0.5, 0.6) is 0 Å². The number of nitrogens with one attached hydrogen (secondary N) is 2. The predicted octanol–water partition coefficient (Wildman–Crippen LogP) is 3.69. The Morgan fingerprint density at radius 3 is 2.80 bits per heavy atom. The fraction of sp³-hybridized carbons (Fsp3) is 0.273. The molecule has 8 nitrogen and oxygen atoms in total. The van der Waals surface area contributed by atoms with Gasteiger partial charge in [0.1, 0.15) is 0 Å². The number of anilines is 1. The molecule has 0 bridgehead atoms. The van der Waals surface area contributed by atoms with E-state index in [0.717, 1.165) is 30.5 Å². The number of rotatable bonds is 6. The van der Waals surface area contributed by atoms with Gasteiger partial charge < -0.3 is 10.6 Å². The number of hydrogen-bond donors (Lipinski definition) is 2. The van der Waals surface area contributed by atoms with E-state index >= 15 is 0 Å². The van der Waals surface area contributed by atoms with Crippen molar-refractivity contribution in [3.05, 3.63) is 87.2 Å². The minimum absolute atomic E-state index is 0.112. The second-order valence-corrected chi connectivity index (χ2v) is 7.35. The summed E-state index contributed by atoms with van der Waals surface area (Å²) in [5.41, 5.74) is 4.01. The molecule has 2 aromatic carbocycles. The summed E-state index contributed by atoms with van der Waals surface area (Å²) in [5, 5.41) is 21.7. The molecule has 8 heteroatoms. The van der Waals surface area contributed by atoms with Crippen LogP contribution in [-0.4, -0.2) is 27.7 Å². The van der Waals surface area contributed by atoms with Crippen LogP contribution in [0.25, 0.3) is 0 Å². The molecule has 1 aliphatic rings. The molecule has 30 heavy (non-hydrogen) atoms. The van der Waals surface area contributed by atoms with E-state index in [1.165, 1.54) is 17.7 Å². The van der Waals surface area contributed by atoms with E-state index in [-0.39, 0.29) is 23.2 Å². The van der Waals surface area contributed by atoms with Crippen molar-refractivity contribution in [2.24, 2.45) is 0 Å². The summed E-state index contributed by atoms with van der Waals surface area (Å²) in [4.78, 5) is 23.6. The van der Waals surface area contributed by atoms with Crippen LogP contribution in [-0.2, 0) is 13.0 Å². The van der Waals surface area contributed by atoms with Crippen molar-refractivity contribution in [2.45, 2.75) is 31.8 Å². The Morgan fingerprint density at radius 1 is 1.27 bits per heavy atom. The molecule has 0 fully saturated rings. The molecule has 0 radical (unpaired) electrons. The molecule has 1 amide bonds. The van der Waals surface area contributed by atoms with Gasteiger partial charge in [0.15, 0.2) is 0 Å². The van der Waals surface area contributed by atoms with Crippen LogP contribution in [0.2, 0.25) is 0 Å². The largest absolute Gasteiger partial charge is 0.387 e. The summed E-state index contributed by atoms with van der Waals surface area (Å²) in [6.07, 6.45) is 4.48. The van der Waals surface area contributed by atoms with Crippen LogP contribution in [0.4, 0.5) is 11.4 Å². The number of nitrogens with zero attached hydrogens (tertiary/aromatic N) is 3. The topological polar surface area (TPSA) is 102 Å². The van der Waals surface area contributed by atoms with Crippen molar-refractivity contribution in [1.82, 2.24) is 15.1 Å². The third-order valence-corrected chi connectivity index (χ3v) is 5.47. The summed E-state index contributed by atoms with van der Waals surface area (Å²) in [7, 11) is 1.68. The van der Waals surface area contributed by atoms with E-state index in [9.17, 15) is 14.9 Å². The lowest BCUT2D eigenvalue weighted by Crippen LogP contribution is -2.31. The Morgan fingerprint density at radius 2 is 2.07 bits per heavy atom. The predicted molar refractivity (Wildman–Crippen MR) is 114 cm³/mol. The van der Waals surface area contributed by atoms with Gasteiger partial charge in [0.25, 0.3) is 11.6 Å². The molecule has 1 aliphatic carbocycles. The van der Waals surface area contributed by atoms with Crippen LogP contribution >= 0.6 is 0 Å². The number of hydrogen-bond acceptors (Lipinski definition) is 5. The molecular formula is C22H23N5O3. The second-order valence-electron chi connectivity index (χ2n) is 7.35. The summed E-state index contributed by atoms with van der Waals surface area (Å²) in [6, 6.07) is 14.2. The van der Waals surface area contributed by atoms with Gasteiger partial charge in [-0.05, 0) is 30.9 Å². The molecule has 0 saturated carbocycles. The SMILES string of the molecule is CNc1ccc([N+](=O)[O-])cc1C(=O)NC1CCCc2c1cnn2Cc1ccccc1. The highest BCUT2D eigenvalue weighted by Crippen LogP contribution is 2.31. The molecule has 1 unspecified atom stereocenters. The van der Waals surface area contributed by atoms with Crippen LogP contribution in [0.15, 0.2) is 54.7 Å². The Hall–Kier alpha value is -3.68. The van der Waals surface area contributed by atoms with E-state index in [4.69, 9.17) is 0 Å². The lowest BCUT2D eigenvalue weighted by molar-refractivity contribution is -0.384. The van der Waals surface area contributed by atoms with Crippen molar-refractivity contribution in [2.75, 3.05) is 12.4 Å². The Labute approximate surface area is 174 Å². The number of nitro groups is 1. The Bertz CT molecular complexity index is 1080. The van der Waals surface area contributed by atoms with Gasteiger partial charge in [-0.1, -0.05) is 30.3 Å². The maximum atomic E-state index is 13.0. The monoisotopic (exact) mass is 405 g/mol. The third-order valence-electron chi connectivity index (χ3n) is 5.47. The van der Waals surface area contributed by atoms with Gasteiger partial charge in [-0.2, -0.15) is 5.10 Å². The van der Waals surface area contributed by atoms with E-state index in [1.807, 2.05) is 29.1 Å². The number of nitro benzene ring substituents is 1. The molecule has 1 heterocycles. The van der Waals surface area contributed by atoms with Crippen molar-refractivity contribution in [3.8, 4) is 0 Å². The van der Waals surface area contributed by atoms with Gasteiger partial charge in [0.05, 0.1) is 29.3 Å². The first-order valence-electron chi connectivity index (χ1n) is 9.92. The Balaban J connectivity index is 1.57. The van der Waals surface area contributed by atoms with E-state index in [1.54, 1.807) is 13.1 Å². The van der Waals surface area contributed by atoms with E-state index in [2.05, 4.69) is 27.9 Å². The van der Waals surface area contributed by atoms with Crippen molar-refractivity contribution in [3.63, 3.8) is 0 Å². The molecule has 1 atom stereocenters. The van der Waals surface area contributed by atoms with E-state index < -0.39 is 4.92 Å². The number of fused-ring (bicyclic) bond motifs is 1. The summed E-state index contributed by atoms with van der Waals surface area (Å²) in [5.74, 6) is -0.336. The zero-order valence-corrected chi connectivity index (χ0v) is 16.7. The van der Waals surface area contributed by atoms with Crippen molar-refractivity contribution in [1.29, 1.82) is 0 Å². The first-order valence-corrected chi connectivity index (χ1v) is 9.92. The number of amides is 1. The van der Waals surface area contributed by atoms with Gasteiger partial charge in [-0.3, -0.25) is 19.6 Å². The quantitative estimate of drug-likeness (QED) is 0.481. The maximum Gasteiger partial charge on any atom is 0.270 e. The van der Waals surface area contributed by atoms with Gasteiger partial charge >= 0.3 is 0 Å². The van der Waals surface area contributed by atoms with Crippen LogP contribution in [0.3, 0.4) is 0 Å². The Kier molecular flexibility index (Phi) is 5.47. The fourth-order valence-corrected chi connectivity index (χ4v) is 3.95. The van der Waals surface area contributed by atoms with Gasteiger partial charge in [0, 0.05) is 36.1 Å². The molecule has 1 aromatic heterocycles. The number of aromatic nitrogens is 2. The first kappa shape index (κ1) is 19.6. The lowest BCUT2D eigenvalue weighted by atomic mass is 9.92. The highest BCUT2D eigenvalue weighted by molar-refractivity contribution is 6.00. The molecule has 3 aromatic rings. The summed E-state index contributed by atoms with van der Waals surface area (Å²) >= 11 is 0. The average molecular weight is 405 g/mol. The molecule has 2 N–H and O–H groups in total. The van der Waals surface area contributed by atoms with Crippen LogP contribution in [0.1, 0.15) is 46.1 Å². The fourth-order valence-electron chi connectivity index (χ4n) is 3.95. The average Bonchev–Trinajstić information content (AvgIpc) is 3.17. The number of benzene rings is 2. The smallest absolute Gasteiger partial charge is 0.270 e. The van der Waals surface area contributed by atoms with Crippen molar-refractivity contribution < 1.29 is 9.72 Å². The number of carbonyl (C=O) groups is 1. The van der Waals surface area contributed by atoms with Gasteiger partial charge in [-0.25, -0.2) is 0 Å². The van der Waals surface area contributed by atoms with Gasteiger partial charge in [-0.15, -0.1) is 0 Å². The molecule has 4 rings (SSSR count). The highest BCUT2D eigenvalue weighted by atomic mass is 16.6. The van der Waals surface area contributed by atoms with Crippen LogP contribution < -0.4 is 10.6 Å². The standard InChI is InChI=1S/C22H23N5O3/c1-23-19-11-10-16(27(29)30)12-17(19)22(28)25-20-8-5-9-21-18(20)13-24-26(21)14-15-6-3-2-4-7-15/h2-4,6-7,10-13,20,23H,5,8-9,14H2,1H3,(H,25,28). The molecular weight excluding hydrogens is 382 g/mol. The molecule has 0 aliphatic heterocycles. The van der Waals surface area contributed by atoms with E-state index in [0.29, 0.717) is 12.2 Å². The maximum absolute atomic E-state index is 13.0. The molecule has 0 spiro atoms. The zero-order valence-electron chi connectivity index (χ0n) is 16.7. The summed E-state index contributed by atoms with van der Waals surface area (Å²) in [6.45, 7) is 0.686. The minimum Gasteiger partial charge on any atom is -0.387 e. The molecule has 154 valence electrons. The highest BCUT2D eigenvalue weighted by Gasteiger charge is 2.27. The number of non-ortho nitro benzene ring substituents is 1. The normalized spacial score (nSPS) is 15.3. The molecule has 0 saturated heterocycles. The first-order chi connectivity index (χ1) is 14.6. The van der Waals surface area contributed by atoms with Gasteiger partial charge in [0.2, 0.25) is 0 Å². The second kappa shape index (κ2) is 8.36. The zero-order chi connectivity index (χ0) is 21.1. The lowest BCUT2D eigenvalue weighted by Gasteiger charge is -2.24. The minimum atomic E-state index is -0.497. The van der Waals surface area contributed by atoms with Crippen LogP contribution in [0, 0.1) is 10.1 Å². The third kappa shape index (κ3) is 3.89. The summed E-state index contributed by atoms with van der Waals surface area (Å²) < 4.78 is 2.00. The van der Waals surface area contributed by atoms with Crippen molar-refractivity contribution >= 4 is 17.3 Å².